The summed E-state index contributed by atoms with van der Waals surface area (Å²) in [5.41, 5.74) is -0.568. The number of amides is 1. The van der Waals surface area contributed by atoms with Crippen molar-refractivity contribution in [1.29, 1.82) is 0 Å². The highest BCUT2D eigenvalue weighted by atomic mass is 32.2. The van der Waals surface area contributed by atoms with E-state index in [1.165, 1.54) is 4.31 Å². The van der Waals surface area contributed by atoms with Crippen LogP contribution >= 0.6 is 12.6 Å². The third kappa shape index (κ3) is 6.22. The lowest BCUT2D eigenvalue weighted by molar-refractivity contribution is -0.163. The van der Waals surface area contributed by atoms with E-state index in [1.54, 1.807) is 43.9 Å². The molecule has 2 heterocycles. The van der Waals surface area contributed by atoms with Crippen LogP contribution in [0, 0.1) is 0 Å². The predicted octanol–water partition coefficient (Wildman–Crippen LogP) is 3.25. The molecule has 0 bridgehead atoms. The highest BCUT2D eigenvalue weighted by Gasteiger charge is 2.44. The zero-order chi connectivity index (χ0) is 26.1. The van der Waals surface area contributed by atoms with E-state index in [-0.39, 0.29) is 35.3 Å². The van der Waals surface area contributed by atoms with Crippen LogP contribution in [0.25, 0.3) is 10.8 Å². The van der Waals surface area contributed by atoms with Crippen LogP contribution in [0.15, 0.2) is 47.4 Å². The summed E-state index contributed by atoms with van der Waals surface area (Å²) in [6.07, 6.45) is 1.36. The summed E-state index contributed by atoms with van der Waals surface area (Å²) in [6, 6.07) is 11.8. The maximum absolute atomic E-state index is 13.6. The maximum Gasteiger partial charge on any atom is 0.332 e. The fraction of sp³-hybridized carbons (Fsp3) is 0.538. The first-order valence-corrected chi connectivity index (χ1v) is 14.2. The number of carbonyl (C=O) groups is 2. The Kier molecular flexibility index (Phi) is 7.99. The highest BCUT2D eigenvalue weighted by molar-refractivity contribution is 7.89. The molecule has 2 aliphatic rings. The average molecular weight is 535 g/mol. The Labute approximate surface area is 218 Å². The van der Waals surface area contributed by atoms with E-state index in [2.05, 4.69) is 12.6 Å². The lowest BCUT2D eigenvalue weighted by Crippen LogP contribution is -2.50. The number of likely N-dealkylation sites (tertiary alicyclic amines) is 1. The fourth-order valence-corrected chi connectivity index (χ4v) is 6.91. The van der Waals surface area contributed by atoms with E-state index < -0.39 is 27.6 Å². The van der Waals surface area contributed by atoms with Gasteiger partial charge in [-0.25, -0.2) is 13.2 Å². The van der Waals surface area contributed by atoms with Gasteiger partial charge in [0.2, 0.25) is 15.9 Å². The number of carbonyl (C=O) groups excluding carboxylic acids is 2. The molecule has 2 aromatic carbocycles. The second kappa shape index (κ2) is 10.7. The second-order valence-electron chi connectivity index (χ2n) is 10.4. The number of hydrogen-bond acceptors (Lipinski definition) is 7. The van der Waals surface area contributed by atoms with Gasteiger partial charge in [0, 0.05) is 24.9 Å². The van der Waals surface area contributed by atoms with Gasteiger partial charge in [0.15, 0.2) is 0 Å². The normalized spacial score (nSPS) is 22.2. The number of benzene rings is 2. The third-order valence-electron chi connectivity index (χ3n) is 6.46. The van der Waals surface area contributed by atoms with E-state index in [0.717, 1.165) is 10.8 Å². The second-order valence-corrected chi connectivity index (χ2v) is 13.0. The highest BCUT2D eigenvalue weighted by Crippen LogP contribution is 2.32. The summed E-state index contributed by atoms with van der Waals surface area (Å²) in [5, 5.41) is 1.56. The number of nitrogens with zero attached hydrogens (tertiary/aromatic N) is 2. The van der Waals surface area contributed by atoms with Gasteiger partial charge in [-0.05, 0) is 62.9 Å². The molecule has 2 atom stereocenters. The number of fused-ring (bicyclic) bond motifs is 1. The molecular formula is C26H34N2O6S2. The van der Waals surface area contributed by atoms with Crippen LogP contribution in [-0.4, -0.2) is 78.7 Å². The van der Waals surface area contributed by atoms with Crippen LogP contribution in [0.3, 0.4) is 0 Å². The summed E-state index contributed by atoms with van der Waals surface area (Å²) in [7, 11) is -3.88. The van der Waals surface area contributed by atoms with Gasteiger partial charge < -0.3 is 14.4 Å². The standard InChI is InChI=1S/C26H34N2O6S2/c1-26(2,3)34-24(29)17-33-20-10-12-27(13-11-20)25(30)23-15-21(35)16-28(23)36(31,32)22-9-8-18-6-4-5-7-19(18)14-22/h4-9,14,20-21,23,35H,10-13,15-17H2,1-3H3/t21-,23-/m0/s1. The first-order chi connectivity index (χ1) is 16.9. The molecule has 0 spiro atoms. The van der Waals surface area contributed by atoms with E-state index in [0.29, 0.717) is 32.4 Å². The van der Waals surface area contributed by atoms with Gasteiger partial charge in [-0.3, -0.25) is 4.79 Å². The van der Waals surface area contributed by atoms with Gasteiger partial charge in [-0.1, -0.05) is 30.3 Å². The zero-order valence-corrected chi connectivity index (χ0v) is 22.6. The van der Waals surface area contributed by atoms with Crippen LogP contribution in [0.2, 0.25) is 0 Å². The van der Waals surface area contributed by atoms with E-state index in [9.17, 15) is 18.0 Å². The minimum atomic E-state index is -3.88. The van der Waals surface area contributed by atoms with Gasteiger partial charge in [0.05, 0.1) is 11.0 Å². The molecule has 196 valence electrons. The van der Waals surface area contributed by atoms with Gasteiger partial charge in [0.1, 0.15) is 18.2 Å². The van der Waals surface area contributed by atoms with Crippen LogP contribution in [-0.2, 0) is 29.1 Å². The Morgan fingerprint density at radius 3 is 2.39 bits per heavy atom. The Morgan fingerprint density at radius 2 is 1.72 bits per heavy atom. The van der Waals surface area contributed by atoms with Gasteiger partial charge in [-0.2, -0.15) is 16.9 Å². The molecule has 2 aromatic rings. The predicted molar refractivity (Wildman–Crippen MR) is 140 cm³/mol. The van der Waals surface area contributed by atoms with Gasteiger partial charge >= 0.3 is 5.97 Å². The summed E-state index contributed by atoms with van der Waals surface area (Å²) in [4.78, 5) is 27.2. The van der Waals surface area contributed by atoms with Crippen molar-refractivity contribution in [2.45, 2.75) is 67.9 Å². The molecule has 36 heavy (non-hydrogen) atoms. The van der Waals surface area contributed by atoms with Crippen molar-refractivity contribution in [3.05, 3.63) is 42.5 Å². The number of hydrogen-bond donors (Lipinski definition) is 1. The van der Waals surface area contributed by atoms with Gasteiger partial charge in [0.25, 0.3) is 0 Å². The van der Waals surface area contributed by atoms with Gasteiger partial charge in [-0.15, -0.1) is 0 Å². The summed E-state index contributed by atoms with van der Waals surface area (Å²) in [6.45, 7) is 6.34. The molecule has 0 saturated carbocycles. The molecule has 8 nitrogen and oxygen atoms in total. The molecule has 0 aliphatic carbocycles. The smallest absolute Gasteiger partial charge is 0.332 e. The number of ether oxygens (including phenoxy) is 2. The SMILES string of the molecule is CC(C)(C)OC(=O)COC1CCN(C(=O)[C@@H]2C[C@H](S)CN2S(=O)(=O)c2ccc3ccccc3c2)CC1. The Hall–Kier alpha value is -2.14. The number of rotatable bonds is 6. The number of thiol groups is 1. The van der Waals surface area contributed by atoms with Crippen molar-refractivity contribution >= 4 is 45.3 Å². The van der Waals surface area contributed by atoms with E-state index in [4.69, 9.17) is 9.47 Å². The number of sulfonamides is 1. The van der Waals surface area contributed by atoms with Crippen LogP contribution in [0.5, 0.6) is 0 Å². The summed E-state index contributed by atoms with van der Waals surface area (Å²) >= 11 is 4.52. The Morgan fingerprint density at radius 1 is 1.06 bits per heavy atom. The summed E-state index contributed by atoms with van der Waals surface area (Å²) in [5.74, 6) is -0.622. The van der Waals surface area contributed by atoms with Crippen LogP contribution in [0.4, 0.5) is 0 Å². The molecule has 2 aliphatic heterocycles. The molecule has 0 radical (unpaired) electrons. The van der Waals surface area contributed by atoms with Crippen LogP contribution < -0.4 is 0 Å². The largest absolute Gasteiger partial charge is 0.458 e. The molecule has 2 saturated heterocycles. The lowest BCUT2D eigenvalue weighted by Gasteiger charge is -2.35. The van der Waals surface area contributed by atoms with Crippen molar-refractivity contribution in [3.63, 3.8) is 0 Å². The van der Waals surface area contributed by atoms with Crippen molar-refractivity contribution in [2.75, 3.05) is 26.2 Å². The maximum atomic E-state index is 13.6. The van der Waals surface area contributed by atoms with E-state index in [1.807, 2.05) is 24.3 Å². The molecule has 2 fully saturated rings. The van der Waals surface area contributed by atoms with Crippen molar-refractivity contribution in [1.82, 2.24) is 9.21 Å². The lowest BCUT2D eigenvalue weighted by atomic mass is 10.1. The first-order valence-electron chi connectivity index (χ1n) is 12.2. The summed E-state index contributed by atoms with van der Waals surface area (Å²) < 4.78 is 39.4. The van der Waals surface area contributed by atoms with Crippen molar-refractivity contribution in [2.24, 2.45) is 0 Å². The van der Waals surface area contributed by atoms with Crippen LogP contribution in [0.1, 0.15) is 40.0 Å². The fourth-order valence-electron chi connectivity index (χ4n) is 4.75. The molecule has 0 aromatic heterocycles. The monoisotopic (exact) mass is 534 g/mol. The topological polar surface area (TPSA) is 93.2 Å². The van der Waals surface area contributed by atoms with Crippen molar-refractivity contribution in [3.8, 4) is 0 Å². The average Bonchev–Trinajstić information content (AvgIpc) is 3.24. The first kappa shape index (κ1) is 26.9. The third-order valence-corrected chi connectivity index (χ3v) is 8.70. The molecule has 4 rings (SSSR count). The number of piperidine rings is 1. The quantitative estimate of drug-likeness (QED) is 0.452. The molecule has 10 heteroatoms. The minimum absolute atomic E-state index is 0.127. The molecule has 0 unspecified atom stereocenters. The minimum Gasteiger partial charge on any atom is -0.458 e. The van der Waals surface area contributed by atoms with Crippen molar-refractivity contribution < 1.29 is 27.5 Å². The zero-order valence-electron chi connectivity index (χ0n) is 20.9. The molecule has 0 N–H and O–H groups in total. The Balaban J connectivity index is 1.40. The molecular weight excluding hydrogens is 500 g/mol. The Bertz CT molecular complexity index is 1220. The van der Waals surface area contributed by atoms with E-state index >= 15 is 0 Å². The molecule has 1 amide bonds. The number of esters is 1.